The molecule has 2 heteroatoms. The van der Waals surface area contributed by atoms with E-state index in [0.717, 1.165) is 26.0 Å². The maximum absolute atomic E-state index is 5.51. The fourth-order valence-electron chi connectivity index (χ4n) is 2.27. The molecule has 88 valence electrons. The summed E-state index contributed by atoms with van der Waals surface area (Å²) in [5.41, 5.74) is 8.67. The standard InChI is InChI=1S/C14H21NO/c1-16-11-14(8-9-14)13-6-4-12(5-7-13)3-2-10-15/h4-7H,2-3,8-11,15H2,1H3. The summed E-state index contributed by atoms with van der Waals surface area (Å²) in [6, 6.07) is 9.00. The third-order valence-corrected chi connectivity index (χ3v) is 3.51. The number of benzene rings is 1. The molecule has 0 atom stereocenters. The fraction of sp³-hybridized carbons (Fsp3) is 0.571. The fourth-order valence-corrected chi connectivity index (χ4v) is 2.27. The molecule has 0 radical (unpaired) electrons. The molecule has 1 aliphatic carbocycles. The van der Waals surface area contributed by atoms with Crippen molar-refractivity contribution < 1.29 is 4.74 Å². The number of ether oxygens (including phenoxy) is 1. The highest BCUT2D eigenvalue weighted by atomic mass is 16.5. The maximum atomic E-state index is 5.51. The molecule has 0 spiro atoms. The van der Waals surface area contributed by atoms with Crippen molar-refractivity contribution in [3.05, 3.63) is 35.4 Å². The van der Waals surface area contributed by atoms with Gasteiger partial charge in [0.05, 0.1) is 6.61 Å². The Hall–Kier alpha value is -0.860. The molecule has 0 unspecified atom stereocenters. The molecule has 1 aliphatic rings. The first-order chi connectivity index (χ1) is 7.80. The molecule has 0 saturated heterocycles. The van der Waals surface area contributed by atoms with Gasteiger partial charge >= 0.3 is 0 Å². The maximum Gasteiger partial charge on any atom is 0.0559 e. The topological polar surface area (TPSA) is 35.2 Å². The van der Waals surface area contributed by atoms with E-state index >= 15 is 0 Å². The van der Waals surface area contributed by atoms with Crippen LogP contribution < -0.4 is 5.73 Å². The van der Waals surface area contributed by atoms with Gasteiger partial charge < -0.3 is 10.5 Å². The first-order valence-electron chi connectivity index (χ1n) is 6.09. The summed E-state index contributed by atoms with van der Waals surface area (Å²) >= 11 is 0. The summed E-state index contributed by atoms with van der Waals surface area (Å²) in [6.07, 6.45) is 4.70. The van der Waals surface area contributed by atoms with E-state index in [-0.39, 0.29) is 0 Å². The smallest absolute Gasteiger partial charge is 0.0559 e. The van der Waals surface area contributed by atoms with Crippen molar-refractivity contribution in [1.82, 2.24) is 0 Å². The molecule has 0 heterocycles. The van der Waals surface area contributed by atoms with Crippen LogP contribution in [0.3, 0.4) is 0 Å². The predicted molar refractivity (Wildman–Crippen MR) is 66.6 cm³/mol. The number of hydrogen-bond donors (Lipinski definition) is 1. The second kappa shape index (κ2) is 4.98. The van der Waals surface area contributed by atoms with Gasteiger partial charge in [-0.15, -0.1) is 0 Å². The average Bonchev–Trinajstić information content (AvgIpc) is 3.09. The van der Waals surface area contributed by atoms with E-state index in [9.17, 15) is 0 Å². The summed E-state index contributed by atoms with van der Waals surface area (Å²) < 4.78 is 5.30. The van der Waals surface area contributed by atoms with Crippen LogP contribution in [0.15, 0.2) is 24.3 Å². The highest BCUT2D eigenvalue weighted by Crippen LogP contribution is 2.48. The molecule has 0 aromatic heterocycles. The summed E-state index contributed by atoms with van der Waals surface area (Å²) in [6.45, 7) is 1.63. The average molecular weight is 219 g/mol. The third-order valence-electron chi connectivity index (χ3n) is 3.51. The van der Waals surface area contributed by atoms with Gasteiger partial charge in [0, 0.05) is 12.5 Å². The van der Waals surface area contributed by atoms with Crippen LogP contribution in [0.4, 0.5) is 0 Å². The normalized spacial score (nSPS) is 17.4. The van der Waals surface area contributed by atoms with Gasteiger partial charge in [-0.1, -0.05) is 24.3 Å². The molecule has 1 aromatic carbocycles. The van der Waals surface area contributed by atoms with Crippen molar-refractivity contribution in [2.45, 2.75) is 31.1 Å². The molecule has 2 rings (SSSR count). The zero-order valence-electron chi connectivity index (χ0n) is 10.0. The SMILES string of the molecule is COCC1(c2ccc(CCCN)cc2)CC1. The van der Waals surface area contributed by atoms with Crippen LogP contribution in [0.5, 0.6) is 0 Å². The Balaban J connectivity index is 2.02. The van der Waals surface area contributed by atoms with Gasteiger partial charge in [0.25, 0.3) is 0 Å². The van der Waals surface area contributed by atoms with E-state index in [2.05, 4.69) is 24.3 Å². The Morgan fingerprint density at radius 2 is 1.94 bits per heavy atom. The lowest BCUT2D eigenvalue weighted by Crippen LogP contribution is -2.13. The van der Waals surface area contributed by atoms with E-state index < -0.39 is 0 Å². The van der Waals surface area contributed by atoms with Gasteiger partial charge in [-0.2, -0.15) is 0 Å². The van der Waals surface area contributed by atoms with E-state index in [1.54, 1.807) is 7.11 Å². The van der Waals surface area contributed by atoms with Crippen molar-refractivity contribution in [3.63, 3.8) is 0 Å². The van der Waals surface area contributed by atoms with E-state index in [1.807, 2.05) is 0 Å². The van der Waals surface area contributed by atoms with Crippen molar-refractivity contribution in [2.24, 2.45) is 5.73 Å². The minimum atomic E-state index is 0.334. The van der Waals surface area contributed by atoms with Gasteiger partial charge in [-0.05, 0) is 43.4 Å². The van der Waals surface area contributed by atoms with Crippen LogP contribution in [0, 0.1) is 0 Å². The second-order valence-corrected chi connectivity index (χ2v) is 4.80. The number of methoxy groups -OCH3 is 1. The van der Waals surface area contributed by atoms with Crippen molar-refractivity contribution in [3.8, 4) is 0 Å². The van der Waals surface area contributed by atoms with Crippen LogP contribution in [0.2, 0.25) is 0 Å². The number of nitrogens with two attached hydrogens (primary N) is 1. The van der Waals surface area contributed by atoms with Crippen molar-refractivity contribution in [1.29, 1.82) is 0 Å². The first-order valence-corrected chi connectivity index (χ1v) is 6.09. The molecule has 1 fully saturated rings. The second-order valence-electron chi connectivity index (χ2n) is 4.80. The molecular weight excluding hydrogens is 198 g/mol. The predicted octanol–water partition coefficient (Wildman–Crippen LogP) is 2.26. The molecular formula is C14H21NO. The quantitative estimate of drug-likeness (QED) is 0.796. The van der Waals surface area contributed by atoms with Gasteiger partial charge in [-0.3, -0.25) is 0 Å². The van der Waals surface area contributed by atoms with Gasteiger partial charge in [-0.25, -0.2) is 0 Å². The summed E-state index contributed by atoms with van der Waals surface area (Å²) in [5.74, 6) is 0. The molecule has 0 aliphatic heterocycles. The van der Waals surface area contributed by atoms with Gasteiger partial charge in [0.1, 0.15) is 0 Å². The van der Waals surface area contributed by atoms with Crippen LogP contribution in [-0.4, -0.2) is 20.3 Å². The summed E-state index contributed by atoms with van der Waals surface area (Å²) in [7, 11) is 1.79. The van der Waals surface area contributed by atoms with Crippen molar-refractivity contribution in [2.75, 3.05) is 20.3 Å². The van der Waals surface area contributed by atoms with Crippen LogP contribution in [0.1, 0.15) is 30.4 Å². The number of hydrogen-bond acceptors (Lipinski definition) is 2. The Morgan fingerprint density at radius 3 is 2.44 bits per heavy atom. The van der Waals surface area contributed by atoms with Crippen molar-refractivity contribution >= 4 is 0 Å². The third kappa shape index (κ3) is 2.45. The lowest BCUT2D eigenvalue weighted by atomic mass is 9.95. The number of aryl methyl sites for hydroxylation is 1. The Bertz CT molecular complexity index is 327. The minimum Gasteiger partial charge on any atom is -0.384 e. The minimum absolute atomic E-state index is 0.334. The molecule has 1 aromatic rings. The summed E-state index contributed by atoms with van der Waals surface area (Å²) in [5, 5.41) is 0. The molecule has 1 saturated carbocycles. The lowest BCUT2D eigenvalue weighted by Gasteiger charge is -2.14. The summed E-state index contributed by atoms with van der Waals surface area (Å²) in [4.78, 5) is 0. The zero-order chi connectivity index (χ0) is 11.4. The molecule has 0 bridgehead atoms. The van der Waals surface area contributed by atoms with Crippen LogP contribution in [0.25, 0.3) is 0 Å². The molecule has 2 N–H and O–H groups in total. The molecule has 2 nitrogen and oxygen atoms in total. The number of rotatable bonds is 6. The van der Waals surface area contributed by atoms with Gasteiger partial charge in [0.15, 0.2) is 0 Å². The molecule has 0 amide bonds. The first kappa shape index (κ1) is 11.6. The monoisotopic (exact) mass is 219 g/mol. The van der Waals surface area contributed by atoms with E-state index in [4.69, 9.17) is 10.5 Å². The Labute approximate surface area is 97.8 Å². The van der Waals surface area contributed by atoms with Crippen LogP contribution >= 0.6 is 0 Å². The largest absolute Gasteiger partial charge is 0.384 e. The van der Waals surface area contributed by atoms with Gasteiger partial charge in [0.2, 0.25) is 0 Å². The Morgan fingerprint density at radius 1 is 1.25 bits per heavy atom. The highest BCUT2D eigenvalue weighted by Gasteiger charge is 2.44. The highest BCUT2D eigenvalue weighted by molar-refractivity contribution is 5.34. The Kier molecular flexibility index (Phi) is 3.62. The lowest BCUT2D eigenvalue weighted by molar-refractivity contribution is 0.171. The van der Waals surface area contributed by atoms with E-state index in [0.29, 0.717) is 5.41 Å². The molecule has 16 heavy (non-hydrogen) atoms. The van der Waals surface area contributed by atoms with Crippen LogP contribution in [-0.2, 0) is 16.6 Å². The van der Waals surface area contributed by atoms with E-state index in [1.165, 1.54) is 24.0 Å². The zero-order valence-corrected chi connectivity index (χ0v) is 10.0.